The van der Waals surface area contributed by atoms with Crippen LogP contribution in [0.25, 0.3) is 11.4 Å². The zero-order valence-corrected chi connectivity index (χ0v) is 17.6. The topological polar surface area (TPSA) is 74.9 Å². The maximum atomic E-state index is 12.3. The van der Waals surface area contributed by atoms with Crippen LogP contribution < -0.4 is 4.74 Å². The number of aromatic nitrogens is 2. The molecule has 1 saturated heterocycles. The van der Waals surface area contributed by atoms with Crippen LogP contribution in [0.15, 0.2) is 28.8 Å². The first-order chi connectivity index (χ1) is 14.1. The number of likely N-dealkylation sites (N-methyl/N-ethyl adjacent to an activating group) is 1. The van der Waals surface area contributed by atoms with Crippen LogP contribution >= 0.6 is 0 Å². The molecule has 0 unspecified atom stereocenters. The quantitative estimate of drug-likeness (QED) is 0.637. The molecule has 8 nitrogen and oxygen atoms in total. The minimum atomic E-state index is 0.209. The molecule has 0 saturated carbocycles. The van der Waals surface area contributed by atoms with E-state index < -0.39 is 0 Å². The zero-order chi connectivity index (χ0) is 20.6. The lowest BCUT2D eigenvalue weighted by Crippen LogP contribution is -2.49. The largest absolute Gasteiger partial charge is 0.494 e. The molecule has 2 heterocycles. The van der Waals surface area contributed by atoms with Gasteiger partial charge in [0.15, 0.2) is 0 Å². The number of nitrogens with zero attached hydrogens (tertiary/aromatic N) is 5. The molecular formula is C21H31N5O3. The molecule has 3 rings (SSSR count). The standard InChI is InChI=1S/C21H31N5O3/c1-4-26(5-2)20(27)16-25-13-11-24(12-14-25)15-19-22-21(23-29-19)17-7-9-18(10-8-17)28-6-3/h7-10H,4-6,11-16H2,1-3H3. The molecule has 1 amide bonds. The summed E-state index contributed by atoms with van der Waals surface area (Å²) in [6.07, 6.45) is 0. The van der Waals surface area contributed by atoms with Gasteiger partial charge >= 0.3 is 0 Å². The Morgan fingerprint density at radius 3 is 2.34 bits per heavy atom. The number of carbonyl (C=O) groups excluding carboxylic acids is 1. The van der Waals surface area contributed by atoms with Gasteiger partial charge < -0.3 is 14.2 Å². The summed E-state index contributed by atoms with van der Waals surface area (Å²) in [4.78, 5) is 23.2. The molecule has 8 heteroatoms. The molecule has 1 aromatic carbocycles. The average molecular weight is 402 g/mol. The van der Waals surface area contributed by atoms with Crippen molar-refractivity contribution in [1.29, 1.82) is 0 Å². The number of hydrogen-bond donors (Lipinski definition) is 0. The van der Waals surface area contributed by atoms with Crippen LogP contribution in [0, 0.1) is 0 Å². The molecule has 0 N–H and O–H groups in total. The van der Waals surface area contributed by atoms with Crippen LogP contribution in [0.3, 0.4) is 0 Å². The monoisotopic (exact) mass is 401 g/mol. The summed E-state index contributed by atoms with van der Waals surface area (Å²) in [5.74, 6) is 2.24. The molecule has 0 aliphatic carbocycles. The molecule has 1 aliphatic heterocycles. The summed E-state index contributed by atoms with van der Waals surface area (Å²) < 4.78 is 10.9. The fourth-order valence-electron chi connectivity index (χ4n) is 3.47. The van der Waals surface area contributed by atoms with E-state index >= 15 is 0 Å². The first-order valence-corrected chi connectivity index (χ1v) is 10.4. The average Bonchev–Trinajstić information content (AvgIpc) is 3.20. The molecule has 0 atom stereocenters. The van der Waals surface area contributed by atoms with E-state index in [0.717, 1.165) is 50.6 Å². The van der Waals surface area contributed by atoms with Crippen LogP contribution in [0.5, 0.6) is 5.75 Å². The second-order valence-electron chi connectivity index (χ2n) is 7.09. The van der Waals surface area contributed by atoms with E-state index in [1.165, 1.54) is 0 Å². The summed E-state index contributed by atoms with van der Waals surface area (Å²) in [6, 6.07) is 7.69. The molecule has 29 heavy (non-hydrogen) atoms. The number of benzene rings is 1. The molecule has 0 bridgehead atoms. The number of piperazine rings is 1. The lowest BCUT2D eigenvalue weighted by Gasteiger charge is -2.34. The number of rotatable bonds is 9. The van der Waals surface area contributed by atoms with Gasteiger partial charge in [-0.05, 0) is 45.0 Å². The van der Waals surface area contributed by atoms with Crippen molar-refractivity contribution in [3.63, 3.8) is 0 Å². The van der Waals surface area contributed by atoms with E-state index in [4.69, 9.17) is 9.26 Å². The number of hydrogen-bond acceptors (Lipinski definition) is 7. The third kappa shape index (κ3) is 5.77. The van der Waals surface area contributed by atoms with E-state index in [1.807, 2.05) is 49.9 Å². The fraction of sp³-hybridized carbons (Fsp3) is 0.571. The van der Waals surface area contributed by atoms with Gasteiger partial charge in [-0.1, -0.05) is 5.16 Å². The molecule has 158 valence electrons. The Bertz CT molecular complexity index is 765. The number of amides is 1. The minimum absolute atomic E-state index is 0.209. The Morgan fingerprint density at radius 1 is 1.07 bits per heavy atom. The molecule has 1 fully saturated rings. The normalized spacial score (nSPS) is 15.4. The Kier molecular flexibility index (Phi) is 7.60. The van der Waals surface area contributed by atoms with Gasteiger partial charge in [0.25, 0.3) is 0 Å². The highest BCUT2D eigenvalue weighted by Crippen LogP contribution is 2.20. The summed E-state index contributed by atoms with van der Waals surface area (Å²) in [6.45, 7) is 12.8. The summed E-state index contributed by atoms with van der Waals surface area (Å²) >= 11 is 0. The number of ether oxygens (including phenoxy) is 1. The van der Waals surface area contributed by atoms with Crippen LogP contribution in [0.4, 0.5) is 0 Å². The van der Waals surface area contributed by atoms with Gasteiger partial charge in [0, 0.05) is 44.8 Å². The smallest absolute Gasteiger partial charge is 0.241 e. The van der Waals surface area contributed by atoms with Crippen LogP contribution in [-0.4, -0.2) is 83.2 Å². The molecule has 1 aromatic heterocycles. The van der Waals surface area contributed by atoms with E-state index in [2.05, 4.69) is 19.9 Å². The maximum absolute atomic E-state index is 12.3. The van der Waals surface area contributed by atoms with Crippen LogP contribution in [-0.2, 0) is 11.3 Å². The lowest BCUT2D eigenvalue weighted by molar-refractivity contribution is -0.132. The van der Waals surface area contributed by atoms with Crippen LogP contribution in [0.2, 0.25) is 0 Å². The second-order valence-corrected chi connectivity index (χ2v) is 7.09. The predicted molar refractivity (Wildman–Crippen MR) is 111 cm³/mol. The van der Waals surface area contributed by atoms with E-state index in [1.54, 1.807) is 0 Å². The Hall–Kier alpha value is -2.45. The third-order valence-electron chi connectivity index (χ3n) is 5.19. The van der Waals surface area contributed by atoms with Gasteiger partial charge in [-0.15, -0.1) is 0 Å². The van der Waals surface area contributed by atoms with Gasteiger partial charge in [-0.3, -0.25) is 14.6 Å². The minimum Gasteiger partial charge on any atom is -0.494 e. The zero-order valence-electron chi connectivity index (χ0n) is 17.6. The Balaban J connectivity index is 1.48. The molecule has 0 radical (unpaired) electrons. The van der Waals surface area contributed by atoms with Crippen molar-refractivity contribution in [1.82, 2.24) is 24.8 Å². The molecule has 1 aliphatic rings. The van der Waals surface area contributed by atoms with Crippen LogP contribution in [0.1, 0.15) is 26.7 Å². The first-order valence-electron chi connectivity index (χ1n) is 10.4. The first kappa shape index (κ1) is 21.3. The summed E-state index contributed by atoms with van der Waals surface area (Å²) in [7, 11) is 0. The molecule has 0 spiro atoms. The predicted octanol–water partition coefficient (Wildman–Crippen LogP) is 2.12. The van der Waals surface area contributed by atoms with Crippen molar-refractivity contribution in [2.45, 2.75) is 27.3 Å². The highest BCUT2D eigenvalue weighted by molar-refractivity contribution is 5.78. The van der Waals surface area contributed by atoms with Crippen molar-refractivity contribution in [2.75, 3.05) is 52.4 Å². The number of carbonyl (C=O) groups is 1. The second kappa shape index (κ2) is 10.4. The highest BCUT2D eigenvalue weighted by Gasteiger charge is 2.22. The van der Waals surface area contributed by atoms with E-state index in [-0.39, 0.29) is 5.91 Å². The maximum Gasteiger partial charge on any atom is 0.241 e. The summed E-state index contributed by atoms with van der Waals surface area (Å²) in [5, 5.41) is 4.11. The fourth-order valence-corrected chi connectivity index (χ4v) is 3.47. The van der Waals surface area contributed by atoms with Gasteiger partial charge in [-0.2, -0.15) is 4.98 Å². The van der Waals surface area contributed by atoms with Crippen molar-refractivity contribution in [3.05, 3.63) is 30.2 Å². The van der Waals surface area contributed by atoms with Crippen molar-refractivity contribution in [2.24, 2.45) is 0 Å². The molecule has 2 aromatic rings. The SMILES string of the molecule is CCOc1ccc(-c2noc(CN3CCN(CC(=O)N(CC)CC)CC3)n2)cc1. The van der Waals surface area contributed by atoms with E-state index in [0.29, 0.717) is 31.4 Å². The van der Waals surface area contributed by atoms with Crippen molar-refractivity contribution in [3.8, 4) is 17.1 Å². The third-order valence-corrected chi connectivity index (χ3v) is 5.19. The van der Waals surface area contributed by atoms with Gasteiger partial charge in [0.05, 0.1) is 19.7 Å². The van der Waals surface area contributed by atoms with Crippen molar-refractivity contribution >= 4 is 5.91 Å². The Morgan fingerprint density at radius 2 is 1.72 bits per heavy atom. The van der Waals surface area contributed by atoms with Gasteiger partial charge in [0.1, 0.15) is 5.75 Å². The van der Waals surface area contributed by atoms with E-state index in [9.17, 15) is 4.79 Å². The van der Waals surface area contributed by atoms with Gasteiger partial charge in [0.2, 0.25) is 17.6 Å². The summed E-state index contributed by atoms with van der Waals surface area (Å²) in [5.41, 5.74) is 0.906. The molecular weight excluding hydrogens is 370 g/mol. The van der Waals surface area contributed by atoms with Crippen molar-refractivity contribution < 1.29 is 14.1 Å². The Labute approximate surface area is 172 Å². The lowest BCUT2D eigenvalue weighted by atomic mass is 10.2. The van der Waals surface area contributed by atoms with Gasteiger partial charge in [-0.25, -0.2) is 0 Å². The highest BCUT2D eigenvalue weighted by atomic mass is 16.5.